The second-order valence-electron chi connectivity index (χ2n) is 5.47. The fraction of sp³-hybridized carbons (Fsp3) is 0.222. The minimum Gasteiger partial charge on any atom is -0.493 e. The lowest BCUT2D eigenvalue weighted by molar-refractivity contribution is -0.148. The summed E-state index contributed by atoms with van der Waals surface area (Å²) in [6.45, 7) is 1.88. The highest BCUT2D eigenvalue weighted by Gasteiger charge is 2.08. The number of hydrogen-bond acceptors (Lipinski definition) is 6. The van der Waals surface area contributed by atoms with Crippen LogP contribution in [0.2, 0.25) is 0 Å². The molecule has 2 aromatic carbocycles. The first kappa shape index (κ1) is 16.6. The largest absolute Gasteiger partial charge is 0.493 e. The van der Waals surface area contributed by atoms with Gasteiger partial charge in [-0.2, -0.15) is 4.68 Å². The van der Waals surface area contributed by atoms with Gasteiger partial charge in [-0.05, 0) is 36.8 Å². The Morgan fingerprint density at radius 3 is 2.84 bits per heavy atom. The van der Waals surface area contributed by atoms with E-state index in [4.69, 9.17) is 9.47 Å². The Morgan fingerprint density at radius 1 is 1.16 bits per heavy atom. The fourth-order valence-electron chi connectivity index (χ4n) is 2.27. The van der Waals surface area contributed by atoms with Gasteiger partial charge in [0, 0.05) is 0 Å². The van der Waals surface area contributed by atoms with E-state index in [1.807, 2.05) is 31.2 Å². The third-order valence-corrected chi connectivity index (χ3v) is 3.54. The van der Waals surface area contributed by atoms with Crippen molar-refractivity contribution in [2.45, 2.75) is 20.1 Å². The van der Waals surface area contributed by atoms with Crippen LogP contribution in [-0.2, 0) is 16.3 Å². The quantitative estimate of drug-likeness (QED) is 0.639. The van der Waals surface area contributed by atoms with Gasteiger partial charge in [-0.25, -0.2) is 0 Å². The third-order valence-electron chi connectivity index (χ3n) is 3.54. The van der Waals surface area contributed by atoms with Crippen LogP contribution in [-0.4, -0.2) is 27.6 Å². The molecule has 3 rings (SSSR count). The molecule has 0 saturated carbocycles. The molecular weight excluding hydrogens is 322 g/mol. The van der Waals surface area contributed by atoms with E-state index in [0.29, 0.717) is 16.7 Å². The molecule has 0 radical (unpaired) electrons. The number of nitrogens with zero attached hydrogens (tertiary/aromatic N) is 3. The van der Waals surface area contributed by atoms with E-state index in [-0.39, 0.29) is 25.3 Å². The molecule has 0 bridgehead atoms. The van der Waals surface area contributed by atoms with Crippen LogP contribution in [0.3, 0.4) is 0 Å². The van der Waals surface area contributed by atoms with Crippen LogP contribution in [0, 0.1) is 6.92 Å². The lowest BCUT2D eigenvalue weighted by Crippen LogP contribution is -2.26. The molecule has 3 aromatic rings. The minimum absolute atomic E-state index is 0.0731. The van der Waals surface area contributed by atoms with E-state index in [0.717, 1.165) is 10.2 Å². The molecule has 0 N–H and O–H groups in total. The average molecular weight is 339 g/mol. The SMILES string of the molecule is Cc1cccc(OCCC(=O)OCn2nnc3ccccc3c2=O)c1. The number of ether oxygens (including phenoxy) is 2. The fourth-order valence-corrected chi connectivity index (χ4v) is 2.27. The normalized spacial score (nSPS) is 10.6. The molecule has 25 heavy (non-hydrogen) atoms. The van der Waals surface area contributed by atoms with E-state index in [9.17, 15) is 9.59 Å². The van der Waals surface area contributed by atoms with Crippen LogP contribution in [0.1, 0.15) is 12.0 Å². The Labute approximate surface area is 143 Å². The number of esters is 1. The van der Waals surface area contributed by atoms with Gasteiger partial charge in [-0.1, -0.05) is 29.5 Å². The monoisotopic (exact) mass is 339 g/mol. The van der Waals surface area contributed by atoms with Crippen molar-refractivity contribution in [1.82, 2.24) is 15.0 Å². The van der Waals surface area contributed by atoms with Crippen molar-refractivity contribution >= 4 is 16.9 Å². The van der Waals surface area contributed by atoms with Gasteiger partial charge >= 0.3 is 5.97 Å². The summed E-state index contributed by atoms with van der Waals surface area (Å²) in [5, 5.41) is 8.12. The van der Waals surface area contributed by atoms with E-state index < -0.39 is 5.97 Å². The maximum atomic E-state index is 12.2. The van der Waals surface area contributed by atoms with Crippen LogP contribution < -0.4 is 10.3 Å². The van der Waals surface area contributed by atoms with Gasteiger partial charge in [0.15, 0.2) is 6.73 Å². The predicted molar refractivity (Wildman–Crippen MR) is 91.2 cm³/mol. The summed E-state index contributed by atoms with van der Waals surface area (Å²) in [6.07, 6.45) is 0.0731. The van der Waals surface area contributed by atoms with Gasteiger partial charge in [-0.3, -0.25) is 9.59 Å². The number of rotatable bonds is 6. The Hall–Kier alpha value is -3.22. The molecule has 128 valence electrons. The summed E-state index contributed by atoms with van der Waals surface area (Å²) in [4.78, 5) is 24.0. The summed E-state index contributed by atoms with van der Waals surface area (Å²) in [5.74, 6) is 0.221. The maximum absolute atomic E-state index is 12.2. The first-order chi connectivity index (χ1) is 12.1. The zero-order chi connectivity index (χ0) is 17.6. The summed E-state index contributed by atoms with van der Waals surface area (Å²) in [6, 6.07) is 14.4. The zero-order valence-electron chi connectivity index (χ0n) is 13.7. The van der Waals surface area contributed by atoms with Crippen LogP contribution >= 0.6 is 0 Å². The number of hydrogen-bond donors (Lipinski definition) is 0. The highest BCUT2D eigenvalue weighted by Crippen LogP contribution is 2.12. The molecule has 0 fully saturated rings. The average Bonchev–Trinajstić information content (AvgIpc) is 2.61. The smallest absolute Gasteiger partial charge is 0.311 e. The number of carbonyl (C=O) groups excluding carboxylic acids is 1. The van der Waals surface area contributed by atoms with Gasteiger partial charge in [0.1, 0.15) is 11.3 Å². The molecule has 0 aliphatic carbocycles. The van der Waals surface area contributed by atoms with Crippen molar-refractivity contribution in [1.29, 1.82) is 0 Å². The first-order valence-electron chi connectivity index (χ1n) is 7.81. The predicted octanol–water partition coefficient (Wildman–Crippen LogP) is 2.07. The molecule has 1 aromatic heterocycles. The molecule has 0 spiro atoms. The molecule has 7 heteroatoms. The lowest BCUT2D eigenvalue weighted by atomic mass is 10.2. The molecule has 0 amide bonds. The summed E-state index contributed by atoms with van der Waals surface area (Å²) in [5.41, 5.74) is 1.23. The second-order valence-corrected chi connectivity index (χ2v) is 5.47. The standard InChI is InChI=1S/C18H17N3O4/c1-13-5-4-6-14(11-13)24-10-9-17(22)25-12-21-18(23)15-7-2-3-8-16(15)19-20-21/h2-8,11H,9-10,12H2,1H3. The first-order valence-corrected chi connectivity index (χ1v) is 7.81. The lowest BCUT2D eigenvalue weighted by Gasteiger charge is -2.08. The Morgan fingerprint density at radius 2 is 2.00 bits per heavy atom. The van der Waals surface area contributed by atoms with E-state index in [2.05, 4.69) is 10.3 Å². The number of aryl methyl sites for hydroxylation is 1. The molecule has 0 aliphatic rings. The van der Waals surface area contributed by atoms with Crippen LogP contribution in [0.15, 0.2) is 53.3 Å². The summed E-state index contributed by atoms with van der Waals surface area (Å²) in [7, 11) is 0. The van der Waals surface area contributed by atoms with Crippen molar-refractivity contribution in [2.24, 2.45) is 0 Å². The molecule has 0 unspecified atom stereocenters. The maximum Gasteiger partial charge on any atom is 0.311 e. The molecule has 7 nitrogen and oxygen atoms in total. The van der Waals surface area contributed by atoms with Crippen molar-refractivity contribution in [3.63, 3.8) is 0 Å². The summed E-state index contributed by atoms with van der Waals surface area (Å²) < 4.78 is 11.6. The molecule has 0 atom stereocenters. The van der Waals surface area contributed by atoms with Crippen molar-refractivity contribution in [3.8, 4) is 5.75 Å². The minimum atomic E-state index is -0.477. The highest BCUT2D eigenvalue weighted by molar-refractivity contribution is 5.76. The zero-order valence-corrected chi connectivity index (χ0v) is 13.7. The van der Waals surface area contributed by atoms with Gasteiger partial charge in [0.2, 0.25) is 0 Å². The third kappa shape index (κ3) is 4.20. The van der Waals surface area contributed by atoms with E-state index in [1.54, 1.807) is 24.3 Å². The Bertz CT molecular complexity index is 952. The summed E-state index contributed by atoms with van der Waals surface area (Å²) >= 11 is 0. The van der Waals surface area contributed by atoms with E-state index in [1.165, 1.54) is 0 Å². The Kier molecular flexibility index (Phi) is 5.03. The van der Waals surface area contributed by atoms with Gasteiger partial charge in [0.05, 0.1) is 18.4 Å². The highest BCUT2D eigenvalue weighted by atomic mass is 16.5. The van der Waals surface area contributed by atoms with Crippen LogP contribution in [0.4, 0.5) is 0 Å². The number of aromatic nitrogens is 3. The van der Waals surface area contributed by atoms with Gasteiger partial charge in [0.25, 0.3) is 5.56 Å². The Balaban J connectivity index is 1.52. The topological polar surface area (TPSA) is 83.3 Å². The van der Waals surface area contributed by atoms with E-state index >= 15 is 0 Å². The molecule has 0 saturated heterocycles. The number of fused-ring (bicyclic) bond motifs is 1. The number of benzene rings is 2. The number of carbonyl (C=O) groups is 1. The van der Waals surface area contributed by atoms with Crippen LogP contribution in [0.25, 0.3) is 10.9 Å². The molecule has 0 aliphatic heterocycles. The van der Waals surface area contributed by atoms with Crippen molar-refractivity contribution in [3.05, 3.63) is 64.4 Å². The van der Waals surface area contributed by atoms with Gasteiger partial charge in [-0.15, -0.1) is 5.10 Å². The van der Waals surface area contributed by atoms with Crippen molar-refractivity contribution in [2.75, 3.05) is 6.61 Å². The molecule has 1 heterocycles. The van der Waals surface area contributed by atoms with Crippen LogP contribution in [0.5, 0.6) is 5.75 Å². The van der Waals surface area contributed by atoms with Gasteiger partial charge < -0.3 is 9.47 Å². The second kappa shape index (κ2) is 7.57. The van der Waals surface area contributed by atoms with Crippen molar-refractivity contribution < 1.29 is 14.3 Å². The molecular formula is C18H17N3O4.